The predicted octanol–water partition coefficient (Wildman–Crippen LogP) is 0.729. The second-order valence-electron chi connectivity index (χ2n) is 5.26. The van der Waals surface area contributed by atoms with Crippen molar-refractivity contribution < 1.29 is 18.1 Å². The van der Waals surface area contributed by atoms with Gasteiger partial charge in [-0.1, -0.05) is 0 Å². The third-order valence-electron chi connectivity index (χ3n) is 3.81. The van der Waals surface area contributed by atoms with E-state index in [0.29, 0.717) is 0 Å². The Kier molecular flexibility index (Phi) is 3.34. The summed E-state index contributed by atoms with van der Waals surface area (Å²) in [7, 11) is -3.95. The normalized spacial score (nSPS) is 25.9. The van der Waals surface area contributed by atoms with Crippen LogP contribution in [0.5, 0.6) is 0 Å². The maximum Gasteiger partial charge on any atom is 0.289 e. The smallest absolute Gasteiger partial charge is 0.289 e. The highest BCUT2D eigenvalue weighted by Crippen LogP contribution is 2.33. The summed E-state index contributed by atoms with van der Waals surface area (Å²) in [5.74, 6) is 0. The molecule has 2 aliphatic heterocycles. The van der Waals surface area contributed by atoms with Gasteiger partial charge in [-0.25, -0.2) is 8.42 Å². The van der Waals surface area contributed by atoms with Gasteiger partial charge in [0.25, 0.3) is 5.69 Å². The van der Waals surface area contributed by atoms with Gasteiger partial charge < -0.3 is 10.5 Å². The van der Waals surface area contributed by atoms with Crippen molar-refractivity contribution in [1.82, 2.24) is 4.31 Å². The first-order chi connectivity index (χ1) is 9.88. The van der Waals surface area contributed by atoms with Crippen molar-refractivity contribution in [2.24, 2.45) is 0 Å². The van der Waals surface area contributed by atoms with Crippen LogP contribution in [-0.2, 0) is 14.8 Å². The highest BCUT2D eigenvalue weighted by Gasteiger charge is 2.41. The number of morpholine rings is 1. The van der Waals surface area contributed by atoms with Gasteiger partial charge in [0, 0.05) is 24.8 Å². The van der Waals surface area contributed by atoms with Gasteiger partial charge in [0.1, 0.15) is 0 Å². The van der Waals surface area contributed by atoms with Crippen molar-refractivity contribution in [2.45, 2.75) is 29.9 Å². The van der Waals surface area contributed by atoms with Gasteiger partial charge in [-0.05, 0) is 25.0 Å². The topological polar surface area (TPSA) is 116 Å². The van der Waals surface area contributed by atoms with Gasteiger partial charge in [0.2, 0.25) is 10.0 Å². The molecule has 2 bridgehead atoms. The van der Waals surface area contributed by atoms with Gasteiger partial charge in [0.15, 0.2) is 4.90 Å². The second kappa shape index (κ2) is 4.93. The number of nitrogen functional groups attached to an aromatic ring is 1. The van der Waals surface area contributed by atoms with E-state index in [1.165, 1.54) is 10.4 Å². The van der Waals surface area contributed by atoms with E-state index in [4.69, 9.17) is 10.5 Å². The number of anilines is 1. The summed E-state index contributed by atoms with van der Waals surface area (Å²) in [4.78, 5) is 10.0. The molecule has 0 spiro atoms. The quantitative estimate of drug-likeness (QED) is 0.499. The molecule has 0 aromatic heterocycles. The molecule has 1 aromatic rings. The molecule has 2 unspecified atom stereocenters. The van der Waals surface area contributed by atoms with Crippen LogP contribution in [0.2, 0.25) is 0 Å². The molecule has 0 radical (unpaired) electrons. The first-order valence-electron chi connectivity index (χ1n) is 6.57. The molecule has 2 aliphatic rings. The van der Waals surface area contributed by atoms with Crippen LogP contribution in [0.1, 0.15) is 12.8 Å². The number of nitro benzene ring substituents is 1. The Morgan fingerprint density at radius 2 is 1.90 bits per heavy atom. The molecular weight excluding hydrogens is 298 g/mol. The molecule has 2 saturated heterocycles. The van der Waals surface area contributed by atoms with Crippen LogP contribution >= 0.6 is 0 Å². The molecule has 9 heteroatoms. The molecule has 0 saturated carbocycles. The zero-order chi connectivity index (χ0) is 15.2. The van der Waals surface area contributed by atoms with Gasteiger partial charge >= 0.3 is 0 Å². The van der Waals surface area contributed by atoms with E-state index in [2.05, 4.69) is 0 Å². The number of rotatable bonds is 3. The summed E-state index contributed by atoms with van der Waals surface area (Å²) >= 11 is 0. The zero-order valence-corrected chi connectivity index (χ0v) is 12.0. The van der Waals surface area contributed by atoms with Crippen LogP contribution in [0.4, 0.5) is 11.4 Å². The number of hydrogen-bond acceptors (Lipinski definition) is 6. The molecular formula is C12H15N3O5S. The minimum Gasteiger partial charge on any atom is -0.399 e. The third-order valence-corrected chi connectivity index (χ3v) is 5.67. The largest absolute Gasteiger partial charge is 0.399 e. The van der Waals surface area contributed by atoms with Crippen LogP contribution in [0.3, 0.4) is 0 Å². The lowest BCUT2D eigenvalue weighted by molar-refractivity contribution is -0.387. The second-order valence-corrected chi connectivity index (χ2v) is 7.17. The van der Waals surface area contributed by atoms with Gasteiger partial charge in [-0.3, -0.25) is 10.1 Å². The van der Waals surface area contributed by atoms with Crippen LogP contribution in [-0.4, -0.2) is 42.9 Å². The predicted molar refractivity (Wildman–Crippen MR) is 74.2 cm³/mol. The molecule has 0 amide bonds. The van der Waals surface area contributed by atoms with E-state index in [1.807, 2.05) is 0 Å². The number of benzene rings is 1. The number of fused-ring (bicyclic) bond motifs is 2. The lowest BCUT2D eigenvalue weighted by atomic mass is 10.2. The zero-order valence-electron chi connectivity index (χ0n) is 11.1. The number of ether oxygens (including phenoxy) is 1. The fourth-order valence-corrected chi connectivity index (χ4v) is 4.50. The maximum atomic E-state index is 12.7. The van der Waals surface area contributed by atoms with Crippen molar-refractivity contribution in [3.8, 4) is 0 Å². The molecule has 0 aliphatic carbocycles. The van der Waals surface area contributed by atoms with E-state index in [-0.39, 0.29) is 35.9 Å². The molecule has 21 heavy (non-hydrogen) atoms. The molecule has 2 atom stereocenters. The van der Waals surface area contributed by atoms with E-state index >= 15 is 0 Å². The Morgan fingerprint density at radius 1 is 1.29 bits per heavy atom. The van der Waals surface area contributed by atoms with Crippen molar-refractivity contribution >= 4 is 21.4 Å². The van der Waals surface area contributed by atoms with Gasteiger partial charge in [0.05, 0.1) is 17.1 Å². The summed E-state index contributed by atoms with van der Waals surface area (Å²) in [6.07, 6.45) is 1.38. The van der Waals surface area contributed by atoms with Crippen molar-refractivity contribution in [3.05, 3.63) is 28.3 Å². The van der Waals surface area contributed by atoms with Crippen molar-refractivity contribution in [1.29, 1.82) is 0 Å². The number of sulfonamides is 1. The SMILES string of the molecule is Nc1ccc([N+](=O)[O-])c(S(=O)(=O)N2CC3CCC(C2)O3)c1. The minimum atomic E-state index is -3.95. The van der Waals surface area contributed by atoms with Crippen LogP contribution in [0.15, 0.2) is 23.1 Å². The average molecular weight is 313 g/mol. The number of nitro groups is 1. The lowest BCUT2D eigenvalue weighted by Crippen LogP contribution is -2.45. The number of nitrogens with two attached hydrogens (primary N) is 1. The summed E-state index contributed by atoms with van der Waals surface area (Å²) in [6, 6.07) is 3.59. The summed E-state index contributed by atoms with van der Waals surface area (Å²) in [5.41, 5.74) is 5.31. The standard InChI is InChI=1S/C12H15N3O5S/c13-8-1-4-11(15(16)17)12(5-8)21(18,19)14-6-9-2-3-10(7-14)20-9/h1,4-5,9-10H,2-3,6-7,13H2. The molecule has 3 rings (SSSR count). The minimum absolute atomic E-state index is 0.126. The fourth-order valence-electron chi connectivity index (χ4n) is 2.80. The molecule has 2 heterocycles. The third kappa shape index (κ3) is 2.47. The van der Waals surface area contributed by atoms with Gasteiger partial charge in [-0.15, -0.1) is 0 Å². The van der Waals surface area contributed by atoms with Crippen LogP contribution < -0.4 is 5.73 Å². The molecule has 1 aromatic carbocycles. The van der Waals surface area contributed by atoms with E-state index < -0.39 is 20.6 Å². The van der Waals surface area contributed by atoms with Crippen molar-refractivity contribution in [3.63, 3.8) is 0 Å². The highest BCUT2D eigenvalue weighted by atomic mass is 32.2. The van der Waals surface area contributed by atoms with E-state index in [1.54, 1.807) is 0 Å². The Hall–Kier alpha value is -1.71. The van der Waals surface area contributed by atoms with Gasteiger partial charge in [-0.2, -0.15) is 4.31 Å². The molecule has 8 nitrogen and oxygen atoms in total. The number of nitrogens with zero attached hydrogens (tertiary/aromatic N) is 2. The molecule has 2 fully saturated rings. The van der Waals surface area contributed by atoms with E-state index in [0.717, 1.165) is 25.0 Å². The Morgan fingerprint density at radius 3 is 2.48 bits per heavy atom. The maximum absolute atomic E-state index is 12.7. The van der Waals surface area contributed by atoms with Crippen molar-refractivity contribution in [2.75, 3.05) is 18.8 Å². The number of hydrogen-bond donors (Lipinski definition) is 1. The summed E-state index contributed by atoms with van der Waals surface area (Å²) in [5, 5.41) is 11.1. The fraction of sp³-hybridized carbons (Fsp3) is 0.500. The Labute approximate surface area is 121 Å². The first kappa shape index (κ1) is 14.2. The molecule has 114 valence electrons. The summed E-state index contributed by atoms with van der Waals surface area (Å²) < 4.78 is 32.2. The Balaban J connectivity index is 2.02. The van der Waals surface area contributed by atoms with Crippen LogP contribution in [0, 0.1) is 10.1 Å². The summed E-state index contributed by atoms with van der Waals surface area (Å²) in [6.45, 7) is 0.454. The van der Waals surface area contributed by atoms with E-state index in [9.17, 15) is 18.5 Å². The monoisotopic (exact) mass is 313 g/mol. The average Bonchev–Trinajstić information content (AvgIpc) is 2.76. The first-order valence-corrected chi connectivity index (χ1v) is 8.01. The lowest BCUT2D eigenvalue weighted by Gasteiger charge is -2.31. The van der Waals surface area contributed by atoms with Crippen LogP contribution in [0.25, 0.3) is 0 Å². The highest BCUT2D eigenvalue weighted by molar-refractivity contribution is 7.89. The Bertz CT molecular complexity index is 678. The molecule has 2 N–H and O–H groups in total.